The highest BCUT2D eigenvalue weighted by molar-refractivity contribution is 7.92. The van der Waals surface area contributed by atoms with Gasteiger partial charge in [0.1, 0.15) is 0 Å². The molecule has 1 saturated heterocycles. The van der Waals surface area contributed by atoms with Crippen LogP contribution in [0.4, 0.5) is 36.6 Å². The van der Waals surface area contributed by atoms with Gasteiger partial charge in [-0.15, -0.1) is 0 Å². The number of benzene rings is 1. The number of nitrogens with zero attached hydrogens (tertiary/aromatic N) is 2. The van der Waals surface area contributed by atoms with Gasteiger partial charge in [0.15, 0.2) is 21.5 Å². The molecule has 2 aromatic rings. The summed E-state index contributed by atoms with van der Waals surface area (Å²) in [5, 5.41) is 0. The fraction of sp³-hybridized carbons (Fsp3) is 0.400. The largest absolute Gasteiger partial charge is 0.417 e. The number of hydrogen-bond donors (Lipinski definition) is 0. The molecule has 13 heteroatoms. The van der Waals surface area contributed by atoms with Crippen molar-refractivity contribution in [2.24, 2.45) is 5.92 Å². The highest BCUT2D eigenvalue weighted by Gasteiger charge is 2.49. The Hall–Kier alpha value is -2.70. The zero-order valence-electron chi connectivity index (χ0n) is 17.1. The predicted octanol–water partition coefficient (Wildman–Crippen LogP) is 4.86. The van der Waals surface area contributed by atoms with Crippen molar-refractivity contribution in [1.29, 1.82) is 0 Å². The number of anilines is 1. The summed E-state index contributed by atoms with van der Waals surface area (Å²) in [7, 11) is -4.41. The van der Waals surface area contributed by atoms with Crippen molar-refractivity contribution in [3.05, 3.63) is 53.5 Å². The Morgan fingerprint density at radius 1 is 1.00 bits per heavy atom. The van der Waals surface area contributed by atoms with E-state index in [1.165, 1.54) is 13.8 Å². The van der Waals surface area contributed by atoms with E-state index in [2.05, 4.69) is 4.98 Å². The second kappa shape index (κ2) is 7.96. The van der Waals surface area contributed by atoms with Gasteiger partial charge >= 0.3 is 12.4 Å². The molecule has 1 fully saturated rings. The van der Waals surface area contributed by atoms with Gasteiger partial charge in [-0.25, -0.2) is 17.8 Å². The summed E-state index contributed by atoms with van der Waals surface area (Å²) in [4.78, 5) is 16.0. The number of sulfone groups is 1. The Labute approximate surface area is 184 Å². The van der Waals surface area contributed by atoms with E-state index in [9.17, 15) is 43.9 Å². The van der Waals surface area contributed by atoms with Gasteiger partial charge in [0.05, 0.1) is 20.8 Å². The minimum atomic E-state index is -4.86. The number of pyridine rings is 1. The average Bonchev–Trinajstić information content (AvgIpc) is 3.08. The van der Waals surface area contributed by atoms with Gasteiger partial charge in [0.25, 0.3) is 0 Å². The Balaban J connectivity index is 1.93. The van der Waals surface area contributed by atoms with Crippen LogP contribution in [0.1, 0.15) is 31.4 Å². The molecule has 0 spiro atoms. The van der Waals surface area contributed by atoms with Crippen LogP contribution in [-0.2, 0) is 27.0 Å². The lowest BCUT2D eigenvalue weighted by Gasteiger charge is -2.31. The van der Waals surface area contributed by atoms with Crippen molar-refractivity contribution in [1.82, 2.24) is 4.98 Å². The van der Waals surface area contributed by atoms with Crippen LogP contribution in [0.5, 0.6) is 0 Å². The SMILES string of the molecule is CC(C)([C@@H]1CC(=O)N(c2ncc(C(F)(F)F)cc2F)C1)S(=O)(=O)c1cccc(C(F)(F)F)c1. The first-order chi connectivity index (χ1) is 15.0. The number of hydrogen-bond acceptors (Lipinski definition) is 4. The van der Waals surface area contributed by atoms with E-state index < -0.39 is 79.4 Å². The molecule has 5 nitrogen and oxygen atoms in total. The number of aromatic nitrogens is 1. The fourth-order valence-electron chi connectivity index (χ4n) is 3.53. The van der Waals surface area contributed by atoms with Crippen molar-refractivity contribution < 1.29 is 43.9 Å². The first-order valence-electron chi connectivity index (χ1n) is 9.41. The van der Waals surface area contributed by atoms with Crippen LogP contribution in [0.25, 0.3) is 0 Å². The summed E-state index contributed by atoms with van der Waals surface area (Å²) >= 11 is 0. The molecule has 1 atom stereocenters. The van der Waals surface area contributed by atoms with Crippen LogP contribution in [0, 0.1) is 11.7 Å². The van der Waals surface area contributed by atoms with E-state index in [1.54, 1.807) is 0 Å². The summed E-state index contributed by atoms with van der Waals surface area (Å²) in [6, 6.07) is 3.32. The third-order valence-corrected chi connectivity index (χ3v) is 8.27. The van der Waals surface area contributed by atoms with Gasteiger partial charge in [0, 0.05) is 25.1 Å². The number of rotatable bonds is 4. The molecular weight excluding hydrogens is 481 g/mol. The molecular formula is C20H17F7N2O3S. The van der Waals surface area contributed by atoms with Crippen molar-refractivity contribution in [3.63, 3.8) is 0 Å². The van der Waals surface area contributed by atoms with Gasteiger partial charge in [-0.3, -0.25) is 9.69 Å². The molecule has 1 aliphatic rings. The molecule has 2 heterocycles. The quantitative estimate of drug-likeness (QED) is 0.565. The van der Waals surface area contributed by atoms with Crippen LogP contribution in [0.2, 0.25) is 0 Å². The molecule has 1 aliphatic heterocycles. The summed E-state index contributed by atoms with van der Waals surface area (Å²) in [5.74, 6) is -3.90. The fourth-order valence-corrected chi connectivity index (χ4v) is 5.27. The van der Waals surface area contributed by atoms with Crippen LogP contribution in [0.15, 0.2) is 41.4 Å². The Bertz CT molecular complexity index is 1190. The maximum atomic E-state index is 14.3. The van der Waals surface area contributed by atoms with Gasteiger partial charge in [-0.05, 0) is 38.1 Å². The van der Waals surface area contributed by atoms with Crippen molar-refractivity contribution in [2.45, 2.75) is 42.3 Å². The zero-order valence-corrected chi connectivity index (χ0v) is 17.9. The summed E-state index contributed by atoms with van der Waals surface area (Å²) in [6.07, 6.45) is -9.70. The molecule has 1 aromatic carbocycles. The van der Waals surface area contributed by atoms with Crippen molar-refractivity contribution in [3.8, 4) is 0 Å². The van der Waals surface area contributed by atoms with Gasteiger partial charge in [-0.2, -0.15) is 26.3 Å². The van der Waals surface area contributed by atoms with Crippen LogP contribution < -0.4 is 4.90 Å². The zero-order chi connectivity index (χ0) is 25.0. The first-order valence-corrected chi connectivity index (χ1v) is 10.9. The molecule has 0 saturated carbocycles. The highest BCUT2D eigenvalue weighted by atomic mass is 32.2. The molecule has 33 heavy (non-hydrogen) atoms. The van der Waals surface area contributed by atoms with Crippen molar-refractivity contribution in [2.75, 3.05) is 11.4 Å². The van der Waals surface area contributed by atoms with E-state index in [4.69, 9.17) is 0 Å². The van der Waals surface area contributed by atoms with E-state index in [1.807, 2.05) is 0 Å². The first kappa shape index (κ1) is 24.9. The highest BCUT2D eigenvalue weighted by Crippen LogP contribution is 2.41. The molecule has 0 N–H and O–H groups in total. The monoisotopic (exact) mass is 498 g/mol. The third-order valence-electron chi connectivity index (χ3n) is 5.68. The minimum absolute atomic E-state index is 0.174. The summed E-state index contributed by atoms with van der Waals surface area (Å²) < 4.78 is 116. The van der Waals surface area contributed by atoms with Gasteiger partial charge < -0.3 is 0 Å². The number of carbonyl (C=O) groups excluding carboxylic acids is 1. The number of halogens is 7. The van der Waals surface area contributed by atoms with Crippen molar-refractivity contribution >= 4 is 21.6 Å². The van der Waals surface area contributed by atoms with E-state index >= 15 is 0 Å². The maximum Gasteiger partial charge on any atom is 0.417 e. The minimum Gasteiger partial charge on any atom is -0.294 e. The molecule has 0 aliphatic carbocycles. The predicted molar refractivity (Wildman–Crippen MR) is 102 cm³/mol. The Kier molecular flexibility index (Phi) is 6.01. The average molecular weight is 498 g/mol. The van der Waals surface area contributed by atoms with E-state index in [0.717, 1.165) is 17.0 Å². The standard InChI is InChI=1S/C20H17F7N2O3S/c1-18(2,33(31,32)14-5-3-4-11(6-14)19(22,23)24)13-8-16(30)29(10-13)17-15(21)7-12(9-28-17)20(25,26)27/h3-7,9,13H,8,10H2,1-2H3/t13-/m1/s1. The van der Waals surface area contributed by atoms with Gasteiger partial charge in [0.2, 0.25) is 5.91 Å². The number of amides is 1. The number of carbonyl (C=O) groups is 1. The second-order valence-corrected chi connectivity index (χ2v) is 10.6. The summed E-state index contributed by atoms with van der Waals surface area (Å²) in [5.41, 5.74) is -2.53. The number of alkyl halides is 6. The molecule has 0 unspecified atom stereocenters. The Morgan fingerprint density at radius 3 is 2.15 bits per heavy atom. The summed E-state index contributed by atoms with van der Waals surface area (Å²) in [6.45, 7) is 2.04. The van der Waals surface area contributed by atoms with E-state index in [0.29, 0.717) is 18.3 Å². The third kappa shape index (κ3) is 4.55. The normalized spacial score (nSPS) is 18.2. The lowest BCUT2D eigenvalue weighted by molar-refractivity contribution is -0.138. The van der Waals surface area contributed by atoms with Crippen LogP contribution in [-0.4, -0.2) is 30.6 Å². The Morgan fingerprint density at radius 2 is 1.61 bits per heavy atom. The smallest absolute Gasteiger partial charge is 0.294 e. The molecule has 0 bridgehead atoms. The maximum absolute atomic E-state index is 14.3. The molecule has 180 valence electrons. The topological polar surface area (TPSA) is 67.3 Å². The van der Waals surface area contributed by atoms with E-state index in [-0.39, 0.29) is 6.07 Å². The lowest BCUT2D eigenvalue weighted by atomic mass is 9.94. The second-order valence-electron chi connectivity index (χ2n) is 8.07. The lowest BCUT2D eigenvalue weighted by Crippen LogP contribution is -2.41. The van der Waals surface area contributed by atoms with Gasteiger partial charge in [-0.1, -0.05) is 6.07 Å². The molecule has 3 rings (SSSR count). The molecule has 1 amide bonds. The van der Waals surface area contributed by atoms with Crippen LogP contribution >= 0.6 is 0 Å². The molecule has 1 aromatic heterocycles. The van der Waals surface area contributed by atoms with Crippen LogP contribution in [0.3, 0.4) is 0 Å². The molecule has 0 radical (unpaired) electrons.